The fourth-order valence-electron chi connectivity index (χ4n) is 3.50. The summed E-state index contributed by atoms with van der Waals surface area (Å²) < 4.78 is 7.18. The SMILES string of the molecule is COc1cccc(-c2nc3c(C(=O)NC(C)C(=O)O)cccn3c2NCc2ccccc2)c1. The molecule has 1 amide bonds. The van der Waals surface area contributed by atoms with Crippen LogP contribution in [0.15, 0.2) is 72.9 Å². The van der Waals surface area contributed by atoms with Gasteiger partial charge in [-0.1, -0.05) is 42.5 Å². The summed E-state index contributed by atoms with van der Waals surface area (Å²) >= 11 is 0. The summed E-state index contributed by atoms with van der Waals surface area (Å²) in [4.78, 5) is 28.8. The maximum Gasteiger partial charge on any atom is 0.325 e. The number of benzene rings is 2. The Balaban J connectivity index is 1.81. The van der Waals surface area contributed by atoms with Gasteiger partial charge in [-0.25, -0.2) is 4.98 Å². The monoisotopic (exact) mass is 444 g/mol. The zero-order chi connectivity index (χ0) is 23.4. The standard InChI is InChI=1S/C25H24N4O4/c1-16(25(31)32)27-24(30)20-12-7-13-29-22(20)28-21(18-10-6-11-19(14-18)33-2)23(29)26-15-17-8-4-3-5-9-17/h3-14,16,26H,15H2,1-2H3,(H,27,30)(H,31,32). The van der Waals surface area contributed by atoms with Crippen LogP contribution in [0.4, 0.5) is 5.82 Å². The van der Waals surface area contributed by atoms with Crippen LogP contribution in [0.1, 0.15) is 22.8 Å². The van der Waals surface area contributed by atoms with Crippen molar-refractivity contribution in [1.29, 1.82) is 0 Å². The highest BCUT2D eigenvalue weighted by molar-refractivity contribution is 6.02. The summed E-state index contributed by atoms with van der Waals surface area (Å²) in [6.07, 6.45) is 1.82. The van der Waals surface area contributed by atoms with Crippen LogP contribution < -0.4 is 15.4 Å². The molecule has 0 saturated heterocycles. The van der Waals surface area contributed by atoms with E-state index < -0.39 is 17.9 Å². The predicted molar refractivity (Wildman–Crippen MR) is 126 cm³/mol. The van der Waals surface area contributed by atoms with E-state index in [-0.39, 0.29) is 5.56 Å². The lowest BCUT2D eigenvalue weighted by atomic mass is 10.1. The van der Waals surface area contributed by atoms with Gasteiger partial charge in [0.25, 0.3) is 5.91 Å². The van der Waals surface area contributed by atoms with Gasteiger partial charge >= 0.3 is 5.97 Å². The Morgan fingerprint density at radius 3 is 2.61 bits per heavy atom. The third-order valence-electron chi connectivity index (χ3n) is 5.26. The highest BCUT2D eigenvalue weighted by Crippen LogP contribution is 2.32. The number of rotatable bonds is 8. The minimum atomic E-state index is -1.11. The summed E-state index contributed by atoms with van der Waals surface area (Å²) in [7, 11) is 1.60. The first-order valence-corrected chi connectivity index (χ1v) is 10.4. The molecule has 1 unspecified atom stereocenters. The Labute approximate surface area is 190 Å². The number of nitrogens with one attached hydrogen (secondary N) is 2. The number of aromatic nitrogens is 2. The van der Waals surface area contributed by atoms with Crippen LogP contribution in [0.5, 0.6) is 5.75 Å². The Bertz CT molecular complexity index is 1300. The minimum absolute atomic E-state index is 0.280. The summed E-state index contributed by atoms with van der Waals surface area (Å²) in [5.74, 6) is -0.219. The molecule has 3 N–H and O–H groups in total. The molecular weight excluding hydrogens is 420 g/mol. The van der Waals surface area contributed by atoms with Gasteiger partial charge in [0.05, 0.1) is 12.7 Å². The van der Waals surface area contributed by atoms with Crippen molar-refractivity contribution in [2.75, 3.05) is 12.4 Å². The van der Waals surface area contributed by atoms with Crippen LogP contribution in [0.3, 0.4) is 0 Å². The maximum atomic E-state index is 12.8. The number of nitrogens with zero attached hydrogens (tertiary/aromatic N) is 2. The quantitative estimate of drug-likeness (QED) is 0.382. The van der Waals surface area contributed by atoms with Crippen LogP contribution in [-0.2, 0) is 11.3 Å². The molecule has 168 valence electrons. The van der Waals surface area contributed by atoms with E-state index in [0.29, 0.717) is 29.5 Å². The molecule has 1 atom stereocenters. The number of carboxylic acids is 1. The number of carboxylic acid groups (broad SMARTS) is 1. The Morgan fingerprint density at radius 1 is 1.09 bits per heavy atom. The number of hydrogen-bond donors (Lipinski definition) is 3. The highest BCUT2D eigenvalue weighted by atomic mass is 16.5. The number of aliphatic carboxylic acids is 1. The van der Waals surface area contributed by atoms with Crippen molar-refractivity contribution in [2.24, 2.45) is 0 Å². The second-order valence-corrected chi connectivity index (χ2v) is 7.53. The van der Waals surface area contributed by atoms with Crippen molar-refractivity contribution in [2.45, 2.75) is 19.5 Å². The number of hydrogen-bond acceptors (Lipinski definition) is 5. The van der Waals surface area contributed by atoms with Crippen LogP contribution in [-0.4, -0.2) is 39.5 Å². The Morgan fingerprint density at radius 2 is 1.88 bits per heavy atom. The van der Waals surface area contributed by atoms with E-state index in [4.69, 9.17) is 14.8 Å². The average molecular weight is 444 g/mol. The first-order chi connectivity index (χ1) is 16.0. The van der Waals surface area contributed by atoms with Crippen LogP contribution >= 0.6 is 0 Å². The normalized spacial score (nSPS) is 11.7. The molecule has 8 heteroatoms. The number of pyridine rings is 1. The Hall–Kier alpha value is -4.33. The molecule has 0 saturated carbocycles. The van der Waals surface area contributed by atoms with Gasteiger partial charge in [0.15, 0.2) is 5.65 Å². The molecule has 0 radical (unpaired) electrons. The first-order valence-electron chi connectivity index (χ1n) is 10.4. The lowest BCUT2D eigenvalue weighted by molar-refractivity contribution is -0.138. The third-order valence-corrected chi connectivity index (χ3v) is 5.26. The Kier molecular flexibility index (Phi) is 6.26. The number of anilines is 1. The lowest BCUT2D eigenvalue weighted by Crippen LogP contribution is -2.38. The smallest absolute Gasteiger partial charge is 0.325 e. The number of imidazole rings is 1. The second-order valence-electron chi connectivity index (χ2n) is 7.53. The lowest BCUT2D eigenvalue weighted by Gasteiger charge is -2.11. The molecule has 4 aromatic rings. The zero-order valence-electron chi connectivity index (χ0n) is 18.3. The molecule has 0 spiro atoms. The van der Waals surface area contributed by atoms with E-state index in [9.17, 15) is 9.59 Å². The predicted octanol–water partition coefficient (Wildman–Crippen LogP) is 3.82. The van der Waals surface area contributed by atoms with Crippen LogP contribution in [0, 0.1) is 0 Å². The van der Waals surface area contributed by atoms with E-state index in [1.165, 1.54) is 6.92 Å². The van der Waals surface area contributed by atoms with Crippen molar-refractivity contribution in [3.8, 4) is 17.0 Å². The molecule has 2 aromatic heterocycles. The van der Waals surface area contributed by atoms with Gasteiger partial charge in [-0.15, -0.1) is 0 Å². The molecule has 0 bridgehead atoms. The van der Waals surface area contributed by atoms with Gasteiger partial charge in [0.2, 0.25) is 0 Å². The number of methoxy groups -OCH3 is 1. The fraction of sp³-hybridized carbons (Fsp3) is 0.160. The van der Waals surface area contributed by atoms with Crippen LogP contribution in [0.25, 0.3) is 16.9 Å². The van der Waals surface area contributed by atoms with Crippen molar-refractivity contribution in [3.05, 3.63) is 84.1 Å². The van der Waals surface area contributed by atoms with Gasteiger partial charge in [-0.3, -0.25) is 14.0 Å². The number of carbonyl (C=O) groups excluding carboxylic acids is 1. The molecule has 0 fully saturated rings. The minimum Gasteiger partial charge on any atom is -0.497 e. The highest BCUT2D eigenvalue weighted by Gasteiger charge is 2.22. The van der Waals surface area contributed by atoms with E-state index in [1.54, 1.807) is 23.6 Å². The van der Waals surface area contributed by atoms with Gasteiger partial charge in [0, 0.05) is 18.3 Å². The number of fused-ring (bicyclic) bond motifs is 1. The van der Waals surface area contributed by atoms with Gasteiger partial charge in [-0.2, -0.15) is 0 Å². The zero-order valence-corrected chi connectivity index (χ0v) is 18.3. The van der Waals surface area contributed by atoms with Gasteiger partial charge in [0.1, 0.15) is 23.3 Å². The molecule has 2 heterocycles. The van der Waals surface area contributed by atoms with Gasteiger partial charge < -0.3 is 20.5 Å². The summed E-state index contributed by atoms with van der Waals surface area (Å²) in [5.41, 5.74) is 3.26. The second kappa shape index (κ2) is 9.44. The molecule has 8 nitrogen and oxygen atoms in total. The van der Waals surface area contributed by atoms with E-state index in [0.717, 1.165) is 11.1 Å². The number of carbonyl (C=O) groups is 2. The molecule has 0 aliphatic heterocycles. The first kappa shape index (κ1) is 21.9. The van der Waals surface area contributed by atoms with Crippen molar-refractivity contribution >= 4 is 23.3 Å². The average Bonchev–Trinajstić information content (AvgIpc) is 3.22. The summed E-state index contributed by atoms with van der Waals surface area (Å²) in [5, 5.41) is 15.1. The maximum absolute atomic E-state index is 12.8. The fourth-order valence-corrected chi connectivity index (χ4v) is 3.50. The van der Waals surface area contributed by atoms with Gasteiger partial charge in [-0.05, 0) is 36.8 Å². The topological polar surface area (TPSA) is 105 Å². The molecule has 4 rings (SSSR count). The van der Waals surface area contributed by atoms with Crippen molar-refractivity contribution in [1.82, 2.24) is 14.7 Å². The van der Waals surface area contributed by atoms with E-state index >= 15 is 0 Å². The van der Waals surface area contributed by atoms with Crippen molar-refractivity contribution < 1.29 is 19.4 Å². The third kappa shape index (κ3) is 4.64. The van der Waals surface area contributed by atoms with Crippen LogP contribution in [0.2, 0.25) is 0 Å². The number of ether oxygens (including phenoxy) is 1. The van der Waals surface area contributed by atoms with E-state index in [2.05, 4.69) is 10.6 Å². The summed E-state index contributed by atoms with van der Waals surface area (Å²) in [6.45, 7) is 1.97. The molecule has 0 aliphatic rings. The molecule has 2 aromatic carbocycles. The molecule has 0 aliphatic carbocycles. The molecular formula is C25H24N4O4. The van der Waals surface area contributed by atoms with Crippen molar-refractivity contribution in [3.63, 3.8) is 0 Å². The molecule has 33 heavy (non-hydrogen) atoms. The van der Waals surface area contributed by atoms with E-state index in [1.807, 2.05) is 60.8 Å². The summed E-state index contributed by atoms with van der Waals surface area (Å²) in [6, 6.07) is 19.8. The largest absolute Gasteiger partial charge is 0.497 e. The number of amides is 1.